The van der Waals surface area contributed by atoms with Crippen LogP contribution in [0.1, 0.15) is 28.3 Å². The van der Waals surface area contributed by atoms with Crippen LogP contribution in [0.15, 0.2) is 60.8 Å². The van der Waals surface area contributed by atoms with Gasteiger partial charge in [0.05, 0.1) is 6.54 Å². The maximum Gasteiger partial charge on any atom is 0.244 e. The van der Waals surface area contributed by atoms with Crippen molar-refractivity contribution in [2.24, 2.45) is 0 Å². The van der Waals surface area contributed by atoms with Crippen LogP contribution >= 0.6 is 0 Å². The van der Waals surface area contributed by atoms with Gasteiger partial charge >= 0.3 is 0 Å². The second kappa shape index (κ2) is 7.75. The van der Waals surface area contributed by atoms with Gasteiger partial charge in [0.15, 0.2) is 11.5 Å². The molecule has 0 aliphatic carbocycles. The summed E-state index contributed by atoms with van der Waals surface area (Å²) in [4.78, 5) is 12.3. The molecule has 0 radical (unpaired) electrons. The molecule has 1 aromatic carbocycles. The molecule has 6 nitrogen and oxygen atoms in total. The minimum absolute atomic E-state index is 0.169. The Kier molecular flexibility index (Phi) is 4.99. The highest BCUT2D eigenvalue weighted by atomic mass is 16.1. The van der Waals surface area contributed by atoms with Gasteiger partial charge in [-0.15, -0.1) is 10.2 Å². The first-order valence-corrected chi connectivity index (χ1v) is 9.53. The van der Waals surface area contributed by atoms with E-state index in [1.807, 2.05) is 34.9 Å². The Hall–Kier alpha value is -3.67. The van der Waals surface area contributed by atoms with Crippen molar-refractivity contribution in [3.63, 3.8) is 0 Å². The fourth-order valence-corrected chi connectivity index (χ4v) is 3.45. The van der Waals surface area contributed by atoms with Crippen molar-refractivity contribution in [3.8, 4) is 5.69 Å². The monoisotopic (exact) mass is 385 g/mol. The zero-order valence-electron chi connectivity index (χ0n) is 16.8. The van der Waals surface area contributed by atoms with Crippen molar-refractivity contribution >= 4 is 17.6 Å². The van der Waals surface area contributed by atoms with Crippen LogP contribution in [0.5, 0.6) is 0 Å². The first-order valence-electron chi connectivity index (χ1n) is 9.53. The molecule has 0 saturated heterocycles. The Morgan fingerprint density at radius 1 is 1.07 bits per heavy atom. The van der Waals surface area contributed by atoms with Crippen molar-refractivity contribution in [2.45, 2.75) is 27.3 Å². The van der Waals surface area contributed by atoms with E-state index < -0.39 is 0 Å². The molecular weight excluding hydrogens is 362 g/mol. The van der Waals surface area contributed by atoms with Crippen LogP contribution in [0.4, 0.5) is 0 Å². The molecule has 3 aromatic heterocycles. The number of pyridine rings is 1. The summed E-state index contributed by atoms with van der Waals surface area (Å²) in [5, 5.41) is 11.1. The highest BCUT2D eigenvalue weighted by Gasteiger charge is 2.10. The molecule has 1 N–H and O–H groups in total. The molecular formula is C23H23N5O. The smallest absolute Gasteiger partial charge is 0.244 e. The van der Waals surface area contributed by atoms with Crippen LogP contribution < -0.4 is 5.32 Å². The topological polar surface area (TPSA) is 64.2 Å². The third-order valence-electron chi connectivity index (χ3n) is 4.98. The number of benzene rings is 1. The lowest BCUT2D eigenvalue weighted by Crippen LogP contribution is -2.21. The summed E-state index contributed by atoms with van der Waals surface area (Å²) >= 11 is 0. The molecule has 0 aliphatic heterocycles. The maximum atomic E-state index is 12.3. The van der Waals surface area contributed by atoms with Crippen molar-refractivity contribution in [3.05, 3.63) is 89.1 Å². The van der Waals surface area contributed by atoms with Crippen LogP contribution in [-0.2, 0) is 11.3 Å². The number of fused-ring (bicyclic) bond motifs is 1. The standard InChI is InChI=1S/C23H23N5O/c1-16-7-10-20(11-8-16)28-17(2)14-19(18(28)3)9-12-23(29)24-15-22-26-25-21-6-4-5-13-27(21)22/h4-14H,15H2,1-3H3,(H,24,29)/b12-9+. The number of carbonyl (C=O) groups is 1. The summed E-state index contributed by atoms with van der Waals surface area (Å²) in [5.74, 6) is 0.526. The molecule has 4 aromatic rings. The van der Waals surface area contributed by atoms with Crippen molar-refractivity contribution in [1.82, 2.24) is 24.5 Å². The average molecular weight is 385 g/mol. The molecule has 0 fully saturated rings. The van der Waals surface area contributed by atoms with Gasteiger partial charge < -0.3 is 9.88 Å². The number of hydrogen-bond donors (Lipinski definition) is 1. The fourth-order valence-electron chi connectivity index (χ4n) is 3.45. The SMILES string of the molecule is Cc1ccc(-n2c(C)cc(/C=C/C(=O)NCc3nnc4ccccn34)c2C)cc1. The predicted molar refractivity (Wildman–Crippen MR) is 114 cm³/mol. The second-order valence-electron chi connectivity index (χ2n) is 7.09. The number of rotatable bonds is 5. The molecule has 4 rings (SSSR count). The first kappa shape index (κ1) is 18.7. The summed E-state index contributed by atoms with van der Waals surface area (Å²) in [6.45, 7) is 6.53. The van der Waals surface area contributed by atoms with Crippen molar-refractivity contribution in [2.75, 3.05) is 0 Å². The molecule has 6 heteroatoms. The molecule has 1 amide bonds. The van der Waals surface area contributed by atoms with Gasteiger partial charge in [0.1, 0.15) is 0 Å². The third-order valence-corrected chi connectivity index (χ3v) is 4.98. The summed E-state index contributed by atoms with van der Waals surface area (Å²) in [7, 11) is 0. The molecule has 0 bridgehead atoms. The van der Waals surface area contributed by atoms with Crippen LogP contribution in [-0.4, -0.2) is 25.1 Å². The zero-order chi connectivity index (χ0) is 20.4. The normalized spacial score (nSPS) is 11.4. The van der Waals surface area contributed by atoms with E-state index in [1.54, 1.807) is 6.08 Å². The first-order chi connectivity index (χ1) is 14.0. The fraction of sp³-hybridized carbons (Fsp3) is 0.174. The highest BCUT2D eigenvalue weighted by molar-refractivity contribution is 5.91. The number of hydrogen-bond acceptors (Lipinski definition) is 3. The number of carbonyl (C=O) groups excluding carboxylic acids is 1. The predicted octanol–water partition coefficient (Wildman–Crippen LogP) is 3.77. The molecule has 0 atom stereocenters. The Labute approximate surface area is 169 Å². The van der Waals surface area contributed by atoms with E-state index in [0.29, 0.717) is 12.4 Å². The van der Waals surface area contributed by atoms with E-state index in [4.69, 9.17) is 0 Å². The van der Waals surface area contributed by atoms with Gasteiger partial charge in [0.25, 0.3) is 0 Å². The minimum atomic E-state index is -0.169. The van der Waals surface area contributed by atoms with E-state index in [0.717, 1.165) is 28.3 Å². The molecule has 0 spiro atoms. The van der Waals surface area contributed by atoms with Crippen LogP contribution in [0.2, 0.25) is 0 Å². The number of nitrogens with one attached hydrogen (secondary N) is 1. The van der Waals surface area contributed by atoms with Crippen LogP contribution in [0, 0.1) is 20.8 Å². The summed E-state index contributed by atoms with van der Waals surface area (Å²) < 4.78 is 4.05. The number of aromatic nitrogens is 4. The van der Waals surface area contributed by atoms with Gasteiger partial charge in [-0.2, -0.15) is 0 Å². The summed E-state index contributed by atoms with van der Waals surface area (Å²) in [6, 6.07) is 16.2. The second-order valence-corrected chi connectivity index (χ2v) is 7.09. The molecule has 0 aliphatic rings. The van der Waals surface area contributed by atoms with Crippen molar-refractivity contribution in [1.29, 1.82) is 0 Å². The van der Waals surface area contributed by atoms with Gasteiger partial charge in [-0.1, -0.05) is 23.8 Å². The quantitative estimate of drug-likeness (QED) is 0.532. The Morgan fingerprint density at radius 3 is 2.66 bits per heavy atom. The minimum Gasteiger partial charge on any atom is -0.345 e. The van der Waals surface area contributed by atoms with Gasteiger partial charge in [-0.25, -0.2) is 0 Å². The molecule has 0 unspecified atom stereocenters. The highest BCUT2D eigenvalue weighted by Crippen LogP contribution is 2.22. The average Bonchev–Trinajstić information content (AvgIpc) is 3.26. The van der Waals surface area contributed by atoms with Crippen LogP contribution in [0.3, 0.4) is 0 Å². The molecule has 3 heterocycles. The van der Waals surface area contributed by atoms with E-state index in [2.05, 4.69) is 71.2 Å². The number of nitrogens with zero attached hydrogens (tertiary/aromatic N) is 4. The zero-order valence-corrected chi connectivity index (χ0v) is 16.8. The van der Waals surface area contributed by atoms with Gasteiger partial charge in [0.2, 0.25) is 5.91 Å². The van der Waals surface area contributed by atoms with Gasteiger partial charge in [-0.3, -0.25) is 9.20 Å². The lowest BCUT2D eigenvalue weighted by Gasteiger charge is -2.09. The number of aryl methyl sites for hydroxylation is 2. The van der Waals surface area contributed by atoms with Crippen LogP contribution in [0.25, 0.3) is 17.4 Å². The lowest BCUT2D eigenvalue weighted by molar-refractivity contribution is -0.116. The van der Waals surface area contributed by atoms with E-state index in [-0.39, 0.29) is 5.91 Å². The largest absolute Gasteiger partial charge is 0.345 e. The maximum absolute atomic E-state index is 12.3. The lowest BCUT2D eigenvalue weighted by atomic mass is 10.2. The van der Waals surface area contributed by atoms with Gasteiger partial charge in [-0.05, 0) is 62.7 Å². The van der Waals surface area contributed by atoms with E-state index in [9.17, 15) is 4.79 Å². The van der Waals surface area contributed by atoms with Crippen molar-refractivity contribution < 1.29 is 4.79 Å². The van der Waals surface area contributed by atoms with Gasteiger partial charge in [0, 0.05) is 29.3 Å². The summed E-state index contributed by atoms with van der Waals surface area (Å²) in [5.41, 5.74) is 6.35. The molecule has 146 valence electrons. The molecule has 29 heavy (non-hydrogen) atoms. The van der Waals surface area contributed by atoms with E-state index >= 15 is 0 Å². The summed E-state index contributed by atoms with van der Waals surface area (Å²) in [6.07, 6.45) is 5.29. The van der Waals surface area contributed by atoms with E-state index in [1.165, 1.54) is 5.56 Å². The Bertz CT molecular complexity index is 1200. The Balaban J connectivity index is 1.47. The Morgan fingerprint density at radius 2 is 1.86 bits per heavy atom. The number of amides is 1. The molecule has 0 saturated carbocycles. The third kappa shape index (κ3) is 3.82.